The molecule has 0 bridgehead atoms. The molecule has 1 fully saturated rings. The third kappa shape index (κ3) is 2.52. The second-order valence-corrected chi connectivity index (χ2v) is 3.85. The van der Waals surface area contributed by atoms with Crippen molar-refractivity contribution in [2.24, 2.45) is 0 Å². The van der Waals surface area contributed by atoms with Crippen molar-refractivity contribution >= 4 is 0 Å². The lowest BCUT2D eigenvalue weighted by atomic mass is 10.0. The molecule has 0 aromatic heterocycles. The van der Waals surface area contributed by atoms with Gasteiger partial charge in [-0.2, -0.15) is 0 Å². The normalized spacial score (nSPS) is 22.8. The van der Waals surface area contributed by atoms with Crippen LogP contribution in [0.1, 0.15) is 11.7 Å². The second kappa shape index (κ2) is 5.30. The molecule has 88 valence electrons. The fourth-order valence-electron chi connectivity index (χ4n) is 1.82. The maximum Gasteiger partial charge on any atom is 0.118 e. The highest BCUT2D eigenvalue weighted by Gasteiger charge is 2.22. The molecule has 0 amide bonds. The zero-order chi connectivity index (χ0) is 11.4. The first-order valence-corrected chi connectivity index (χ1v) is 5.44. The molecule has 0 spiro atoms. The first-order valence-electron chi connectivity index (χ1n) is 5.44. The zero-order valence-electron chi connectivity index (χ0n) is 9.35. The van der Waals surface area contributed by atoms with E-state index in [9.17, 15) is 5.11 Å². The third-order valence-electron chi connectivity index (χ3n) is 2.79. The predicted molar refractivity (Wildman–Crippen MR) is 60.6 cm³/mol. The fraction of sp³-hybridized carbons (Fsp3) is 0.500. The van der Waals surface area contributed by atoms with Crippen LogP contribution < -0.4 is 10.1 Å². The van der Waals surface area contributed by atoms with Crippen LogP contribution in [0.4, 0.5) is 0 Å². The summed E-state index contributed by atoms with van der Waals surface area (Å²) in [4.78, 5) is 0. The molecule has 1 aromatic rings. The Morgan fingerprint density at radius 2 is 2.19 bits per heavy atom. The van der Waals surface area contributed by atoms with Crippen molar-refractivity contribution < 1.29 is 14.6 Å². The number of aliphatic hydroxyl groups excluding tert-OH is 1. The van der Waals surface area contributed by atoms with Gasteiger partial charge in [0.2, 0.25) is 0 Å². The summed E-state index contributed by atoms with van der Waals surface area (Å²) in [6, 6.07) is 7.42. The lowest BCUT2D eigenvalue weighted by Gasteiger charge is -2.28. The molecule has 2 atom stereocenters. The number of nitrogens with one attached hydrogen (secondary N) is 1. The van der Waals surface area contributed by atoms with Gasteiger partial charge in [0, 0.05) is 6.54 Å². The SMILES string of the molecule is COc1ccc(C(O)C2COCCN2)cc1. The predicted octanol–water partition coefficient (Wildman–Crippen LogP) is 0.717. The van der Waals surface area contributed by atoms with Gasteiger partial charge in [0.05, 0.1) is 32.5 Å². The van der Waals surface area contributed by atoms with Crippen molar-refractivity contribution in [3.63, 3.8) is 0 Å². The molecule has 2 N–H and O–H groups in total. The van der Waals surface area contributed by atoms with Crippen LogP contribution in [0.15, 0.2) is 24.3 Å². The van der Waals surface area contributed by atoms with Crippen LogP contribution in [0, 0.1) is 0 Å². The summed E-state index contributed by atoms with van der Waals surface area (Å²) in [6.45, 7) is 2.05. The highest BCUT2D eigenvalue weighted by molar-refractivity contribution is 5.29. The van der Waals surface area contributed by atoms with Gasteiger partial charge in [0.1, 0.15) is 5.75 Å². The van der Waals surface area contributed by atoms with Gasteiger partial charge < -0.3 is 19.9 Å². The van der Waals surface area contributed by atoms with E-state index in [0.717, 1.165) is 17.9 Å². The third-order valence-corrected chi connectivity index (χ3v) is 2.79. The molecule has 2 unspecified atom stereocenters. The number of rotatable bonds is 3. The number of hydrogen-bond donors (Lipinski definition) is 2. The van der Waals surface area contributed by atoms with Gasteiger partial charge in [-0.05, 0) is 17.7 Å². The van der Waals surface area contributed by atoms with Crippen molar-refractivity contribution in [2.45, 2.75) is 12.1 Å². The Morgan fingerprint density at radius 3 is 2.75 bits per heavy atom. The Bertz CT molecular complexity index is 320. The molecule has 2 rings (SSSR count). The van der Waals surface area contributed by atoms with E-state index in [1.807, 2.05) is 24.3 Å². The summed E-state index contributed by atoms with van der Waals surface area (Å²) in [5.74, 6) is 0.795. The van der Waals surface area contributed by atoms with Crippen molar-refractivity contribution in [3.8, 4) is 5.75 Å². The van der Waals surface area contributed by atoms with Crippen LogP contribution >= 0.6 is 0 Å². The Balaban J connectivity index is 2.04. The summed E-state index contributed by atoms with van der Waals surface area (Å²) in [6.07, 6.45) is -0.536. The molecule has 4 nitrogen and oxygen atoms in total. The topological polar surface area (TPSA) is 50.7 Å². The molecule has 1 aliphatic rings. The Hall–Kier alpha value is -1.10. The van der Waals surface area contributed by atoms with Crippen molar-refractivity contribution in [2.75, 3.05) is 26.9 Å². The van der Waals surface area contributed by atoms with E-state index in [0.29, 0.717) is 13.2 Å². The minimum absolute atomic E-state index is 0.0258. The zero-order valence-corrected chi connectivity index (χ0v) is 9.35. The lowest BCUT2D eigenvalue weighted by Crippen LogP contribution is -2.45. The molecular weight excluding hydrogens is 206 g/mol. The van der Waals surface area contributed by atoms with E-state index in [1.54, 1.807) is 7.11 Å². The van der Waals surface area contributed by atoms with Gasteiger partial charge in [-0.1, -0.05) is 12.1 Å². The second-order valence-electron chi connectivity index (χ2n) is 3.85. The molecule has 16 heavy (non-hydrogen) atoms. The van der Waals surface area contributed by atoms with Gasteiger partial charge >= 0.3 is 0 Å². The van der Waals surface area contributed by atoms with Crippen LogP contribution in [0.5, 0.6) is 5.75 Å². The molecule has 1 aromatic carbocycles. The summed E-state index contributed by atoms with van der Waals surface area (Å²) in [7, 11) is 1.63. The molecule has 0 saturated carbocycles. The average Bonchev–Trinajstić information content (AvgIpc) is 2.39. The van der Waals surface area contributed by atoms with E-state index in [1.165, 1.54) is 0 Å². The summed E-state index contributed by atoms with van der Waals surface area (Å²) < 4.78 is 10.4. The average molecular weight is 223 g/mol. The van der Waals surface area contributed by atoms with Crippen molar-refractivity contribution in [1.82, 2.24) is 5.32 Å². The highest BCUT2D eigenvalue weighted by Crippen LogP contribution is 2.21. The van der Waals surface area contributed by atoms with Crippen LogP contribution in [-0.2, 0) is 4.74 Å². The molecule has 4 heteroatoms. The summed E-state index contributed by atoms with van der Waals surface area (Å²) in [5, 5.41) is 13.4. The first kappa shape index (κ1) is 11.4. The Kier molecular flexibility index (Phi) is 3.77. The maximum atomic E-state index is 10.1. The van der Waals surface area contributed by atoms with Crippen LogP contribution in [-0.4, -0.2) is 38.0 Å². The standard InChI is InChI=1S/C12H17NO3/c1-15-10-4-2-9(3-5-10)12(14)11-8-16-7-6-13-11/h2-5,11-14H,6-8H2,1H3. The van der Waals surface area contributed by atoms with E-state index < -0.39 is 6.10 Å². The fourth-order valence-corrected chi connectivity index (χ4v) is 1.82. The molecule has 1 heterocycles. The Labute approximate surface area is 95.2 Å². The summed E-state index contributed by atoms with van der Waals surface area (Å²) in [5.41, 5.74) is 0.879. The van der Waals surface area contributed by atoms with Crippen LogP contribution in [0.3, 0.4) is 0 Å². The number of hydrogen-bond acceptors (Lipinski definition) is 4. The number of ether oxygens (including phenoxy) is 2. The van der Waals surface area contributed by atoms with Gasteiger partial charge in [-0.25, -0.2) is 0 Å². The number of morpholine rings is 1. The lowest BCUT2D eigenvalue weighted by molar-refractivity contribution is 0.0177. The molecule has 0 radical (unpaired) electrons. The maximum absolute atomic E-state index is 10.1. The molecule has 1 aliphatic heterocycles. The smallest absolute Gasteiger partial charge is 0.118 e. The van der Waals surface area contributed by atoms with Crippen molar-refractivity contribution in [1.29, 1.82) is 0 Å². The van der Waals surface area contributed by atoms with E-state index >= 15 is 0 Å². The molecular formula is C12H17NO3. The van der Waals surface area contributed by atoms with Crippen LogP contribution in [0.2, 0.25) is 0 Å². The van der Waals surface area contributed by atoms with Gasteiger partial charge in [-0.3, -0.25) is 0 Å². The van der Waals surface area contributed by atoms with Gasteiger partial charge in [0.15, 0.2) is 0 Å². The molecule has 1 saturated heterocycles. The largest absolute Gasteiger partial charge is 0.497 e. The monoisotopic (exact) mass is 223 g/mol. The Morgan fingerprint density at radius 1 is 1.44 bits per heavy atom. The minimum atomic E-state index is -0.536. The number of methoxy groups -OCH3 is 1. The highest BCUT2D eigenvalue weighted by atomic mass is 16.5. The summed E-state index contributed by atoms with van der Waals surface area (Å²) >= 11 is 0. The minimum Gasteiger partial charge on any atom is -0.497 e. The van der Waals surface area contributed by atoms with Crippen LogP contribution in [0.25, 0.3) is 0 Å². The van der Waals surface area contributed by atoms with Gasteiger partial charge in [0.25, 0.3) is 0 Å². The van der Waals surface area contributed by atoms with Gasteiger partial charge in [-0.15, -0.1) is 0 Å². The quantitative estimate of drug-likeness (QED) is 0.792. The first-order chi connectivity index (χ1) is 7.81. The van der Waals surface area contributed by atoms with E-state index in [-0.39, 0.29) is 6.04 Å². The van der Waals surface area contributed by atoms with E-state index in [2.05, 4.69) is 5.32 Å². The molecule has 0 aliphatic carbocycles. The van der Waals surface area contributed by atoms with Crippen molar-refractivity contribution in [3.05, 3.63) is 29.8 Å². The number of aliphatic hydroxyl groups is 1. The van der Waals surface area contributed by atoms with E-state index in [4.69, 9.17) is 9.47 Å². The number of benzene rings is 1.